The van der Waals surface area contributed by atoms with E-state index in [0.717, 1.165) is 13.8 Å². The van der Waals surface area contributed by atoms with Gasteiger partial charge in [0.05, 0.1) is 30.6 Å². The van der Waals surface area contributed by atoms with Crippen molar-refractivity contribution in [3.05, 3.63) is 23.3 Å². The van der Waals surface area contributed by atoms with Crippen molar-refractivity contribution < 1.29 is 23.0 Å². The Hall–Kier alpha value is -2.27. The van der Waals surface area contributed by atoms with Gasteiger partial charge in [0.25, 0.3) is 0 Å². The minimum atomic E-state index is -5.08. The highest BCUT2D eigenvalue weighted by molar-refractivity contribution is 5.65. The van der Waals surface area contributed by atoms with Crippen LogP contribution in [-0.2, 0) is 5.60 Å². The summed E-state index contributed by atoms with van der Waals surface area (Å²) in [5.41, 5.74) is -5.24. The standard InChI is InChI=1S/C18H24F3N3O2/c1-7-24(5)11-23-14-9-15(26-6)13(8-12(14)2)17(25,18(19,20)21)16(3,4)10-22/h8-9,11,25H,7H2,1-6H3/b23-11+. The topological polar surface area (TPSA) is 68.8 Å². The maximum absolute atomic E-state index is 13.8. The van der Waals surface area contributed by atoms with Crippen molar-refractivity contribution in [3.8, 4) is 11.8 Å². The summed E-state index contributed by atoms with van der Waals surface area (Å²) >= 11 is 0. The van der Waals surface area contributed by atoms with Crippen molar-refractivity contribution in [1.29, 1.82) is 5.26 Å². The highest BCUT2D eigenvalue weighted by Gasteiger charge is 2.65. The van der Waals surface area contributed by atoms with E-state index in [-0.39, 0.29) is 5.75 Å². The van der Waals surface area contributed by atoms with E-state index < -0.39 is 22.8 Å². The lowest BCUT2D eigenvalue weighted by atomic mass is 9.70. The molecular formula is C18H24F3N3O2. The molecule has 1 atom stereocenters. The second kappa shape index (κ2) is 7.54. The largest absolute Gasteiger partial charge is 0.496 e. The lowest BCUT2D eigenvalue weighted by Gasteiger charge is -2.40. The molecule has 0 saturated heterocycles. The summed E-state index contributed by atoms with van der Waals surface area (Å²) < 4.78 is 46.6. The number of benzene rings is 1. The molecule has 0 amide bonds. The van der Waals surface area contributed by atoms with Gasteiger partial charge in [-0.05, 0) is 39.3 Å². The van der Waals surface area contributed by atoms with E-state index in [9.17, 15) is 23.5 Å². The monoisotopic (exact) mass is 371 g/mol. The first-order valence-corrected chi connectivity index (χ1v) is 7.99. The molecule has 1 rings (SSSR count). The zero-order chi connectivity index (χ0) is 20.3. The van der Waals surface area contributed by atoms with Crippen molar-refractivity contribution >= 4 is 12.0 Å². The third-order valence-corrected chi connectivity index (χ3v) is 4.39. The zero-order valence-corrected chi connectivity index (χ0v) is 15.8. The van der Waals surface area contributed by atoms with E-state index in [4.69, 9.17) is 4.74 Å². The van der Waals surface area contributed by atoms with Gasteiger partial charge in [-0.25, -0.2) is 4.99 Å². The van der Waals surface area contributed by atoms with Gasteiger partial charge < -0.3 is 14.7 Å². The number of ether oxygens (including phenoxy) is 1. The van der Waals surface area contributed by atoms with E-state index in [1.807, 2.05) is 14.0 Å². The van der Waals surface area contributed by atoms with Crippen LogP contribution in [0.4, 0.5) is 18.9 Å². The fourth-order valence-corrected chi connectivity index (χ4v) is 2.44. The number of alkyl halides is 3. The highest BCUT2D eigenvalue weighted by Crippen LogP contribution is 2.53. The molecule has 0 fully saturated rings. The van der Waals surface area contributed by atoms with Crippen LogP contribution in [0, 0.1) is 23.7 Å². The minimum Gasteiger partial charge on any atom is -0.496 e. The fraction of sp³-hybridized carbons (Fsp3) is 0.556. The zero-order valence-electron chi connectivity index (χ0n) is 15.8. The predicted octanol–water partition coefficient (Wildman–Crippen LogP) is 3.91. The summed E-state index contributed by atoms with van der Waals surface area (Å²) in [4.78, 5) is 6.04. The lowest BCUT2D eigenvalue weighted by Crippen LogP contribution is -2.53. The summed E-state index contributed by atoms with van der Waals surface area (Å²) in [6.07, 6.45) is -3.53. The molecule has 0 aliphatic heterocycles. The summed E-state index contributed by atoms with van der Waals surface area (Å²) in [6.45, 7) is 6.30. The Morgan fingerprint density at radius 1 is 1.35 bits per heavy atom. The molecule has 5 nitrogen and oxygen atoms in total. The molecule has 1 aromatic rings. The maximum atomic E-state index is 13.8. The van der Waals surface area contributed by atoms with Crippen LogP contribution in [0.15, 0.2) is 17.1 Å². The molecule has 144 valence electrons. The van der Waals surface area contributed by atoms with Crippen molar-refractivity contribution in [2.45, 2.75) is 39.5 Å². The second-order valence-corrected chi connectivity index (χ2v) is 6.60. The normalized spacial score (nSPS) is 14.8. The Kier molecular flexibility index (Phi) is 6.31. The van der Waals surface area contributed by atoms with Gasteiger partial charge in [-0.15, -0.1) is 0 Å². The quantitative estimate of drug-likeness (QED) is 0.608. The van der Waals surface area contributed by atoms with Crippen LogP contribution >= 0.6 is 0 Å². The number of aliphatic hydroxyl groups is 1. The number of aryl methyl sites for hydroxylation is 1. The number of nitrogens with zero attached hydrogens (tertiary/aromatic N) is 3. The second-order valence-electron chi connectivity index (χ2n) is 6.60. The maximum Gasteiger partial charge on any atom is 0.423 e. The molecule has 0 aliphatic carbocycles. The molecule has 0 spiro atoms. The molecule has 0 bridgehead atoms. The van der Waals surface area contributed by atoms with Crippen molar-refractivity contribution in [1.82, 2.24) is 4.90 Å². The lowest BCUT2D eigenvalue weighted by molar-refractivity contribution is -0.296. The average molecular weight is 371 g/mol. The molecule has 1 unspecified atom stereocenters. The van der Waals surface area contributed by atoms with Gasteiger partial charge in [-0.1, -0.05) is 0 Å². The Morgan fingerprint density at radius 2 is 1.92 bits per heavy atom. The Bertz CT molecular complexity index is 724. The predicted molar refractivity (Wildman–Crippen MR) is 93.5 cm³/mol. The number of hydrogen-bond acceptors (Lipinski definition) is 4. The van der Waals surface area contributed by atoms with E-state index in [1.54, 1.807) is 24.2 Å². The van der Waals surface area contributed by atoms with Gasteiger partial charge in [-0.2, -0.15) is 18.4 Å². The number of rotatable bonds is 6. The number of nitriles is 1. The van der Waals surface area contributed by atoms with Gasteiger partial charge >= 0.3 is 6.18 Å². The third-order valence-electron chi connectivity index (χ3n) is 4.39. The SMILES string of the molecule is CCN(C)/C=N/c1cc(OC)c(C(O)(C(F)(F)F)C(C)(C)C#N)cc1C. The van der Waals surface area contributed by atoms with Crippen molar-refractivity contribution in [3.63, 3.8) is 0 Å². The molecule has 1 N–H and O–H groups in total. The van der Waals surface area contributed by atoms with E-state index >= 15 is 0 Å². The molecular weight excluding hydrogens is 347 g/mol. The van der Waals surface area contributed by atoms with Crippen molar-refractivity contribution in [2.24, 2.45) is 10.4 Å². The number of aliphatic imine (C=N–C) groups is 1. The Balaban J connectivity index is 3.69. The van der Waals surface area contributed by atoms with Crippen LogP contribution in [0.1, 0.15) is 31.9 Å². The van der Waals surface area contributed by atoms with Crippen LogP contribution in [0.2, 0.25) is 0 Å². The van der Waals surface area contributed by atoms with Gasteiger partial charge in [0.1, 0.15) is 5.75 Å². The highest BCUT2D eigenvalue weighted by atomic mass is 19.4. The molecule has 0 saturated carbocycles. The van der Waals surface area contributed by atoms with E-state index in [1.165, 1.54) is 19.2 Å². The average Bonchev–Trinajstić information content (AvgIpc) is 2.58. The van der Waals surface area contributed by atoms with Crippen molar-refractivity contribution in [2.75, 3.05) is 20.7 Å². The first kappa shape index (κ1) is 21.8. The summed E-state index contributed by atoms with van der Waals surface area (Å²) in [6, 6.07) is 4.06. The first-order valence-electron chi connectivity index (χ1n) is 7.99. The van der Waals surface area contributed by atoms with Gasteiger partial charge in [0, 0.05) is 25.2 Å². The molecule has 0 heterocycles. The fourth-order valence-electron chi connectivity index (χ4n) is 2.44. The minimum absolute atomic E-state index is 0.190. The summed E-state index contributed by atoms with van der Waals surface area (Å²) in [7, 11) is 3.01. The molecule has 0 radical (unpaired) electrons. The summed E-state index contributed by atoms with van der Waals surface area (Å²) in [5.74, 6) is -0.190. The molecule has 1 aromatic carbocycles. The third kappa shape index (κ3) is 3.78. The molecule has 26 heavy (non-hydrogen) atoms. The smallest absolute Gasteiger partial charge is 0.423 e. The molecule has 0 aliphatic rings. The van der Waals surface area contributed by atoms with Gasteiger partial charge in [-0.3, -0.25) is 0 Å². The van der Waals surface area contributed by atoms with Crippen LogP contribution < -0.4 is 4.74 Å². The van der Waals surface area contributed by atoms with Gasteiger partial charge in [0.15, 0.2) is 0 Å². The van der Waals surface area contributed by atoms with E-state index in [2.05, 4.69) is 4.99 Å². The van der Waals surface area contributed by atoms with Crippen LogP contribution in [0.3, 0.4) is 0 Å². The van der Waals surface area contributed by atoms with Crippen LogP contribution in [-0.4, -0.2) is 43.2 Å². The number of halogens is 3. The van der Waals surface area contributed by atoms with Crippen LogP contribution in [0.5, 0.6) is 5.75 Å². The van der Waals surface area contributed by atoms with Crippen LogP contribution in [0.25, 0.3) is 0 Å². The number of hydrogen-bond donors (Lipinski definition) is 1. The molecule has 8 heteroatoms. The first-order chi connectivity index (χ1) is 11.9. The Labute approximate surface area is 151 Å². The molecule has 0 aromatic heterocycles. The van der Waals surface area contributed by atoms with Gasteiger partial charge in [0.2, 0.25) is 5.60 Å². The Morgan fingerprint density at radius 3 is 2.35 bits per heavy atom. The number of methoxy groups -OCH3 is 1. The summed E-state index contributed by atoms with van der Waals surface area (Å²) in [5, 5.41) is 19.9. The van der Waals surface area contributed by atoms with E-state index in [0.29, 0.717) is 17.8 Å².